The van der Waals surface area contributed by atoms with Crippen LogP contribution >= 0.6 is 0 Å². The first-order chi connectivity index (χ1) is 10.9. The van der Waals surface area contributed by atoms with E-state index in [-0.39, 0.29) is 23.4 Å². The summed E-state index contributed by atoms with van der Waals surface area (Å²) in [7, 11) is 0. The van der Waals surface area contributed by atoms with Gasteiger partial charge in [-0.25, -0.2) is 4.39 Å². The molecule has 0 bridgehead atoms. The topological polar surface area (TPSA) is 41.1 Å². The molecule has 1 aliphatic heterocycles. The zero-order valence-corrected chi connectivity index (χ0v) is 12.4. The van der Waals surface area contributed by atoms with E-state index in [0.29, 0.717) is 6.07 Å². The summed E-state index contributed by atoms with van der Waals surface area (Å²) >= 11 is 0. The lowest BCUT2D eigenvalue weighted by Gasteiger charge is -2.22. The molecule has 23 heavy (non-hydrogen) atoms. The van der Waals surface area contributed by atoms with Crippen molar-refractivity contribution in [2.75, 3.05) is 6.54 Å². The third-order valence-corrected chi connectivity index (χ3v) is 4.43. The van der Waals surface area contributed by atoms with Gasteiger partial charge in [0.25, 0.3) is 0 Å². The number of alkyl halides is 3. The molecule has 1 aliphatic carbocycles. The number of halogens is 4. The molecule has 2 N–H and O–H groups in total. The van der Waals surface area contributed by atoms with Gasteiger partial charge in [0.2, 0.25) is 5.91 Å². The van der Waals surface area contributed by atoms with Gasteiger partial charge < -0.3 is 10.6 Å². The fourth-order valence-electron chi connectivity index (χ4n) is 3.00. The summed E-state index contributed by atoms with van der Waals surface area (Å²) in [6.07, 6.45) is -1.28. The maximum atomic E-state index is 14.2. The number of carbonyl (C=O) groups excluding carboxylic acids is 1. The van der Waals surface area contributed by atoms with Gasteiger partial charge in [-0.15, -0.1) is 0 Å². The van der Waals surface area contributed by atoms with Gasteiger partial charge in [0.05, 0.1) is 17.6 Å². The fourth-order valence-corrected chi connectivity index (χ4v) is 3.00. The van der Waals surface area contributed by atoms with Crippen LogP contribution in [0.25, 0.3) is 0 Å². The molecule has 1 aromatic rings. The highest BCUT2D eigenvalue weighted by molar-refractivity contribution is 5.82. The lowest BCUT2D eigenvalue weighted by Crippen LogP contribution is -2.42. The van der Waals surface area contributed by atoms with E-state index >= 15 is 0 Å². The summed E-state index contributed by atoms with van der Waals surface area (Å²) in [6, 6.07) is 1.66. The summed E-state index contributed by atoms with van der Waals surface area (Å²) in [5.74, 6) is -1.04. The largest absolute Gasteiger partial charge is 0.416 e. The Labute approximate surface area is 131 Å². The predicted octanol–water partition coefficient (Wildman–Crippen LogP) is 3.16. The highest BCUT2D eigenvalue weighted by Gasteiger charge is 2.38. The molecule has 2 aliphatic rings. The highest BCUT2D eigenvalue weighted by atomic mass is 19.4. The van der Waals surface area contributed by atoms with Gasteiger partial charge in [0.1, 0.15) is 5.82 Å². The van der Waals surface area contributed by atoms with Crippen molar-refractivity contribution >= 4 is 5.91 Å². The molecule has 126 valence electrons. The highest BCUT2D eigenvalue weighted by Crippen LogP contribution is 2.42. The van der Waals surface area contributed by atoms with Crippen molar-refractivity contribution in [2.45, 2.75) is 43.9 Å². The average molecular weight is 330 g/mol. The number of amides is 1. The molecule has 7 heteroatoms. The quantitative estimate of drug-likeness (QED) is 0.833. The first kappa shape index (κ1) is 16.2. The van der Waals surface area contributed by atoms with Crippen molar-refractivity contribution in [3.63, 3.8) is 0 Å². The zero-order valence-electron chi connectivity index (χ0n) is 12.4. The Kier molecular flexibility index (Phi) is 4.31. The molecule has 1 amide bonds. The van der Waals surface area contributed by atoms with E-state index in [1.54, 1.807) is 0 Å². The second-order valence-corrected chi connectivity index (χ2v) is 6.21. The van der Waals surface area contributed by atoms with Gasteiger partial charge in [0.15, 0.2) is 0 Å². The summed E-state index contributed by atoms with van der Waals surface area (Å²) < 4.78 is 52.1. The number of nitrogens with one attached hydrogen (secondary N) is 2. The summed E-state index contributed by atoms with van der Waals surface area (Å²) in [6.45, 7) is 0.765. The molecule has 0 radical (unpaired) electrons. The minimum Gasteiger partial charge on any atom is -0.348 e. The summed E-state index contributed by atoms with van der Waals surface area (Å²) in [4.78, 5) is 12.2. The van der Waals surface area contributed by atoms with Crippen LogP contribution in [0.2, 0.25) is 0 Å². The molecule has 0 unspecified atom stereocenters. The number of hydrogen-bond donors (Lipinski definition) is 2. The van der Waals surface area contributed by atoms with Gasteiger partial charge in [-0.2, -0.15) is 13.2 Å². The Balaban J connectivity index is 1.79. The number of carbonyl (C=O) groups is 1. The van der Waals surface area contributed by atoms with Crippen molar-refractivity contribution in [3.8, 4) is 0 Å². The Morgan fingerprint density at radius 1 is 1.26 bits per heavy atom. The van der Waals surface area contributed by atoms with Gasteiger partial charge in [-0.05, 0) is 50.3 Å². The Bertz CT molecular complexity index is 592. The van der Waals surface area contributed by atoms with Crippen LogP contribution in [0, 0.1) is 11.7 Å². The van der Waals surface area contributed by atoms with Crippen LogP contribution in [-0.4, -0.2) is 18.5 Å². The molecule has 3 nitrogen and oxygen atoms in total. The third-order valence-electron chi connectivity index (χ3n) is 4.43. The number of rotatable bonds is 4. The van der Waals surface area contributed by atoms with Gasteiger partial charge in [0, 0.05) is 5.56 Å². The van der Waals surface area contributed by atoms with Crippen LogP contribution in [0.3, 0.4) is 0 Å². The van der Waals surface area contributed by atoms with Crippen LogP contribution < -0.4 is 10.6 Å². The first-order valence-corrected chi connectivity index (χ1v) is 7.76. The van der Waals surface area contributed by atoms with Crippen LogP contribution in [0.15, 0.2) is 18.2 Å². The second-order valence-electron chi connectivity index (χ2n) is 6.21. The molecule has 1 aromatic carbocycles. The summed E-state index contributed by atoms with van der Waals surface area (Å²) in [5, 5.41) is 5.88. The van der Waals surface area contributed by atoms with Crippen molar-refractivity contribution in [2.24, 2.45) is 5.92 Å². The lowest BCUT2D eigenvalue weighted by atomic mass is 9.99. The zero-order chi connectivity index (χ0) is 16.6. The van der Waals surface area contributed by atoms with Crippen molar-refractivity contribution in [1.29, 1.82) is 0 Å². The average Bonchev–Trinajstić information content (AvgIpc) is 3.17. The van der Waals surface area contributed by atoms with E-state index in [2.05, 4.69) is 10.6 Å². The number of benzene rings is 1. The van der Waals surface area contributed by atoms with E-state index in [4.69, 9.17) is 0 Å². The molecule has 1 saturated carbocycles. The van der Waals surface area contributed by atoms with Crippen LogP contribution in [0.1, 0.15) is 42.9 Å². The Morgan fingerprint density at radius 2 is 2.00 bits per heavy atom. The molecule has 2 atom stereocenters. The normalized spacial score (nSPS) is 22.9. The predicted molar refractivity (Wildman–Crippen MR) is 76.0 cm³/mol. The minimum atomic E-state index is -4.58. The molecule has 2 fully saturated rings. The van der Waals surface area contributed by atoms with Gasteiger partial charge in [-0.1, -0.05) is 6.07 Å². The van der Waals surface area contributed by atoms with Crippen molar-refractivity contribution in [1.82, 2.24) is 10.6 Å². The van der Waals surface area contributed by atoms with E-state index in [1.165, 1.54) is 0 Å². The van der Waals surface area contributed by atoms with E-state index in [0.717, 1.165) is 44.4 Å². The Morgan fingerprint density at radius 3 is 2.52 bits per heavy atom. The maximum absolute atomic E-state index is 14.2. The standard InChI is InChI=1S/C16H18F4N2O/c17-12-8-10(16(18,19)20)5-6-11(12)14(9-3-4-9)22-15(23)13-2-1-7-21-13/h5-6,8-9,13-14,21H,1-4,7H2,(H,22,23)/t13-,14-/m1/s1. The molecule has 0 aromatic heterocycles. The van der Waals surface area contributed by atoms with Crippen LogP contribution in [-0.2, 0) is 11.0 Å². The number of hydrogen-bond acceptors (Lipinski definition) is 2. The molecular formula is C16H18F4N2O. The molecule has 3 rings (SSSR count). The third kappa shape index (κ3) is 3.65. The van der Waals surface area contributed by atoms with E-state index in [1.807, 2.05) is 0 Å². The molecule has 1 saturated heterocycles. The first-order valence-electron chi connectivity index (χ1n) is 7.76. The molecule has 0 spiro atoms. The van der Waals surface area contributed by atoms with Gasteiger partial charge in [-0.3, -0.25) is 4.79 Å². The smallest absolute Gasteiger partial charge is 0.348 e. The van der Waals surface area contributed by atoms with Crippen molar-refractivity contribution < 1.29 is 22.4 Å². The monoisotopic (exact) mass is 330 g/mol. The fraction of sp³-hybridized carbons (Fsp3) is 0.562. The van der Waals surface area contributed by atoms with E-state index < -0.39 is 23.6 Å². The van der Waals surface area contributed by atoms with E-state index in [9.17, 15) is 22.4 Å². The molecular weight excluding hydrogens is 312 g/mol. The summed E-state index contributed by atoms with van der Waals surface area (Å²) in [5.41, 5.74) is -0.885. The van der Waals surface area contributed by atoms with Crippen LogP contribution in [0.5, 0.6) is 0 Å². The lowest BCUT2D eigenvalue weighted by molar-refractivity contribution is -0.137. The SMILES string of the molecule is O=C(N[C@@H](c1ccc(C(F)(F)F)cc1F)C1CC1)[C@H]1CCCN1. The Hall–Kier alpha value is -1.63. The van der Waals surface area contributed by atoms with Gasteiger partial charge >= 0.3 is 6.18 Å². The second kappa shape index (κ2) is 6.11. The minimum absolute atomic E-state index is 0.0894. The van der Waals surface area contributed by atoms with Crippen molar-refractivity contribution in [3.05, 3.63) is 35.1 Å². The van der Waals surface area contributed by atoms with Crippen LogP contribution in [0.4, 0.5) is 17.6 Å². The molecule has 1 heterocycles. The maximum Gasteiger partial charge on any atom is 0.416 e.